The number of nitrogens with one attached hydrogen (secondary N) is 1. The second-order valence-corrected chi connectivity index (χ2v) is 4.30. The SMILES string of the molecule is Cc1cc(=O)[nH]c(SCCOCCCl)n1. The van der Waals surface area contributed by atoms with E-state index in [1.807, 2.05) is 0 Å². The van der Waals surface area contributed by atoms with Crippen molar-refractivity contribution in [1.29, 1.82) is 0 Å². The first-order valence-corrected chi connectivity index (χ1v) is 6.09. The predicted octanol–water partition coefficient (Wildman–Crippen LogP) is 1.43. The fourth-order valence-electron chi connectivity index (χ4n) is 0.974. The Balaban J connectivity index is 2.34. The Bertz CT molecular complexity index is 356. The zero-order valence-electron chi connectivity index (χ0n) is 8.46. The van der Waals surface area contributed by atoms with E-state index in [-0.39, 0.29) is 5.56 Å². The monoisotopic (exact) mass is 248 g/mol. The minimum atomic E-state index is -0.119. The van der Waals surface area contributed by atoms with E-state index >= 15 is 0 Å². The number of aromatic amines is 1. The van der Waals surface area contributed by atoms with Gasteiger partial charge in [-0.1, -0.05) is 11.8 Å². The lowest BCUT2D eigenvalue weighted by molar-refractivity contribution is 0.166. The summed E-state index contributed by atoms with van der Waals surface area (Å²) in [5.74, 6) is 1.26. The van der Waals surface area contributed by atoms with Crippen LogP contribution in [-0.4, -0.2) is 34.8 Å². The molecule has 0 fully saturated rings. The van der Waals surface area contributed by atoms with Gasteiger partial charge in [-0.2, -0.15) is 0 Å². The lowest BCUT2D eigenvalue weighted by Gasteiger charge is -2.02. The third-order valence-corrected chi connectivity index (χ3v) is 2.53. The van der Waals surface area contributed by atoms with E-state index in [1.54, 1.807) is 6.92 Å². The Morgan fingerprint density at radius 1 is 1.60 bits per heavy atom. The molecule has 0 spiro atoms. The summed E-state index contributed by atoms with van der Waals surface area (Å²) in [4.78, 5) is 17.9. The molecule has 0 saturated heterocycles. The van der Waals surface area contributed by atoms with Gasteiger partial charge in [-0.3, -0.25) is 4.79 Å². The summed E-state index contributed by atoms with van der Waals surface area (Å²) in [5.41, 5.74) is 0.606. The van der Waals surface area contributed by atoms with Crippen molar-refractivity contribution in [1.82, 2.24) is 9.97 Å². The molecule has 0 radical (unpaired) electrons. The maximum atomic E-state index is 11.1. The molecule has 0 aliphatic rings. The molecule has 0 aromatic carbocycles. The van der Waals surface area contributed by atoms with Crippen molar-refractivity contribution in [2.45, 2.75) is 12.1 Å². The molecular formula is C9H13ClN2O2S. The molecule has 15 heavy (non-hydrogen) atoms. The van der Waals surface area contributed by atoms with Crippen molar-refractivity contribution in [3.05, 3.63) is 22.1 Å². The minimum absolute atomic E-state index is 0.119. The van der Waals surface area contributed by atoms with Gasteiger partial charge < -0.3 is 9.72 Å². The average molecular weight is 249 g/mol. The summed E-state index contributed by atoms with van der Waals surface area (Å²) >= 11 is 6.91. The number of H-pyrrole nitrogens is 1. The molecule has 1 aromatic rings. The molecular weight excluding hydrogens is 236 g/mol. The van der Waals surface area contributed by atoms with Crippen LogP contribution in [0, 0.1) is 6.92 Å². The molecule has 0 saturated carbocycles. The Morgan fingerprint density at radius 2 is 2.40 bits per heavy atom. The van der Waals surface area contributed by atoms with E-state index in [0.717, 1.165) is 11.4 Å². The van der Waals surface area contributed by atoms with Crippen LogP contribution < -0.4 is 5.56 Å². The molecule has 1 heterocycles. The van der Waals surface area contributed by atoms with E-state index in [2.05, 4.69) is 9.97 Å². The third kappa shape index (κ3) is 5.20. The first-order valence-electron chi connectivity index (χ1n) is 4.57. The van der Waals surface area contributed by atoms with Crippen molar-refractivity contribution in [3.8, 4) is 0 Å². The lowest BCUT2D eigenvalue weighted by Crippen LogP contribution is -2.09. The zero-order valence-corrected chi connectivity index (χ0v) is 10.0. The van der Waals surface area contributed by atoms with Crippen LogP contribution in [0.3, 0.4) is 0 Å². The van der Waals surface area contributed by atoms with Gasteiger partial charge in [-0.25, -0.2) is 4.98 Å². The number of hydrogen-bond acceptors (Lipinski definition) is 4. The Labute approximate surface area is 97.4 Å². The lowest BCUT2D eigenvalue weighted by atomic mass is 10.5. The topological polar surface area (TPSA) is 55.0 Å². The summed E-state index contributed by atoms with van der Waals surface area (Å²) in [6.07, 6.45) is 0. The number of thioether (sulfide) groups is 1. The van der Waals surface area contributed by atoms with Gasteiger partial charge in [0.15, 0.2) is 5.16 Å². The highest BCUT2D eigenvalue weighted by Crippen LogP contribution is 2.10. The second-order valence-electron chi connectivity index (χ2n) is 2.84. The number of ether oxygens (including phenoxy) is 1. The summed E-state index contributed by atoms with van der Waals surface area (Å²) in [6.45, 7) is 2.96. The molecule has 84 valence electrons. The van der Waals surface area contributed by atoms with Crippen molar-refractivity contribution in [3.63, 3.8) is 0 Å². The van der Waals surface area contributed by atoms with Crippen LogP contribution in [0.5, 0.6) is 0 Å². The fraction of sp³-hybridized carbons (Fsp3) is 0.556. The molecule has 4 nitrogen and oxygen atoms in total. The minimum Gasteiger partial charge on any atom is -0.379 e. The summed E-state index contributed by atoms with van der Waals surface area (Å²) < 4.78 is 5.19. The van der Waals surface area contributed by atoms with Crippen molar-refractivity contribution in [2.75, 3.05) is 24.8 Å². The molecule has 1 N–H and O–H groups in total. The Morgan fingerprint density at radius 3 is 3.07 bits per heavy atom. The molecule has 0 bridgehead atoms. The third-order valence-electron chi connectivity index (χ3n) is 1.54. The van der Waals surface area contributed by atoms with E-state index in [9.17, 15) is 4.79 Å². The molecule has 1 rings (SSSR count). The highest BCUT2D eigenvalue weighted by molar-refractivity contribution is 7.99. The number of alkyl halides is 1. The molecule has 6 heteroatoms. The maximum Gasteiger partial charge on any atom is 0.251 e. The van der Waals surface area contributed by atoms with Crippen molar-refractivity contribution in [2.24, 2.45) is 0 Å². The zero-order chi connectivity index (χ0) is 11.1. The molecule has 0 amide bonds. The summed E-state index contributed by atoms with van der Waals surface area (Å²) in [6, 6.07) is 1.47. The summed E-state index contributed by atoms with van der Waals surface area (Å²) in [7, 11) is 0. The van der Waals surface area contributed by atoms with Gasteiger partial charge in [0, 0.05) is 23.4 Å². The van der Waals surface area contributed by atoms with Crippen LogP contribution >= 0.6 is 23.4 Å². The number of hydrogen-bond donors (Lipinski definition) is 1. The predicted molar refractivity (Wildman–Crippen MR) is 61.9 cm³/mol. The van der Waals surface area contributed by atoms with E-state index < -0.39 is 0 Å². The Kier molecular flexibility index (Phi) is 5.75. The first-order chi connectivity index (χ1) is 7.22. The van der Waals surface area contributed by atoms with Gasteiger partial charge in [0.25, 0.3) is 5.56 Å². The largest absolute Gasteiger partial charge is 0.379 e. The van der Waals surface area contributed by atoms with Crippen LogP contribution in [0.25, 0.3) is 0 Å². The molecule has 0 atom stereocenters. The number of rotatable bonds is 6. The summed E-state index contributed by atoms with van der Waals surface area (Å²) in [5, 5.41) is 0.634. The first kappa shape index (κ1) is 12.5. The highest BCUT2D eigenvalue weighted by atomic mass is 35.5. The second kappa shape index (κ2) is 6.87. The molecule has 0 unspecified atom stereocenters. The normalized spacial score (nSPS) is 10.5. The number of aromatic nitrogens is 2. The van der Waals surface area contributed by atoms with Crippen LogP contribution in [0.15, 0.2) is 16.0 Å². The van der Waals surface area contributed by atoms with Crippen molar-refractivity contribution < 1.29 is 4.74 Å². The molecule has 0 aliphatic carbocycles. The molecule has 1 aromatic heterocycles. The van der Waals surface area contributed by atoms with Gasteiger partial charge in [0.2, 0.25) is 0 Å². The standard InChI is InChI=1S/C9H13ClN2O2S/c1-7-6-8(13)12-9(11-7)15-5-4-14-3-2-10/h6H,2-5H2,1H3,(H,11,12,13). The number of halogens is 1. The number of nitrogens with zero attached hydrogens (tertiary/aromatic N) is 1. The molecule has 0 aliphatic heterocycles. The fourth-order valence-corrected chi connectivity index (χ4v) is 1.86. The van der Waals surface area contributed by atoms with Crippen LogP contribution in [0.2, 0.25) is 0 Å². The van der Waals surface area contributed by atoms with Crippen LogP contribution in [-0.2, 0) is 4.74 Å². The average Bonchev–Trinajstić information content (AvgIpc) is 2.16. The van der Waals surface area contributed by atoms with Gasteiger partial charge in [-0.05, 0) is 6.92 Å². The Hall–Kier alpha value is -0.520. The smallest absolute Gasteiger partial charge is 0.251 e. The van der Waals surface area contributed by atoms with Crippen LogP contribution in [0.4, 0.5) is 0 Å². The van der Waals surface area contributed by atoms with Crippen LogP contribution in [0.1, 0.15) is 5.69 Å². The van der Waals surface area contributed by atoms with E-state index in [1.165, 1.54) is 17.8 Å². The quantitative estimate of drug-likeness (QED) is 0.358. The van der Waals surface area contributed by atoms with Gasteiger partial charge >= 0.3 is 0 Å². The highest BCUT2D eigenvalue weighted by Gasteiger charge is 1.98. The maximum absolute atomic E-state index is 11.1. The van der Waals surface area contributed by atoms with Gasteiger partial charge in [0.05, 0.1) is 13.2 Å². The van der Waals surface area contributed by atoms with E-state index in [4.69, 9.17) is 16.3 Å². The van der Waals surface area contributed by atoms with Gasteiger partial charge in [-0.15, -0.1) is 11.6 Å². The van der Waals surface area contributed by atoms with E-state index in [0.29, 0.717) is 24.3 Å². The van der Waals surface area contributed by atoms with Gasteiger partial charge in [0.1, 0.15) is 0 Å². The number of aryl methyl sites for hydroxylation is 1. The van der Waals surface area contributed by atoms with Crippen molar-refractivity contribution >= 4 is 23.4 Å².